The molecule has 0 saturated heterocycles. The number of benzene rings is 1. The highest BCUT2D eigenvalue weighted by Gasteiger charge is 2.22. The number of ether oxygens (including phenoxy) is 1. The molecule has 1 aromatic carbocycles. The van der Waals surface area contributed by atoms with Gasteiger partial charge in [0.15, 0.2) is 6.10 Å². The molecular formula is C17H26N2O2. The molecule has 1 aliphatic rings. The van der Waals surface area contributed by atoms with Crippen LogP contribution in [0.5, 0.6) is 5.75 Å². The number of rotatable bonds is 6. The molecule has 1 saturated carbocycles. The van der Waals surface area contributed by atoms with Crippen LogP contribution in [0.2, 0.25) is 0 Å². The van der Waals surface area contributed by atoms with E-state index in [1.54, 1.807) is 0 Å². The van der Waals surface area contributed by atoms with Crippen molar-refractivity contribution in [3.05, 3.63) is 29.8 Å². The van der Waals surface area contributed by atoms with Crippen molar-refractivity contribution in [1.29, 1.82) is 0 Å². The second kappa shape index (κ2) is 7.46. The van der Waals surface area contributed by atoms with Crippen LogP contribution in [-0.4, -0.2) is 25.1 Å². The van der Waals surface area contributed by atoms with Crippen molar-refractivity contribution in [2.24, 2.45) is 0 Å². The van der Waals surface area contributed by atoms with Gasteiger partial charge in [-0.15, -0.1) is 0 Å². The molecule has 0 radical (unpaired) electrons. The van der Waals surface area contributed by atoms with Gasteiger partial charge in [-0.1, -0.05) is 31.0 Å². The Morgan fingerprint density at radius 1 is 1.24 bits per heavy atom. The van der Waals surface area contributed by atoms with Crippen molar-refractivity contribution in [3.8, 4) is 5.75 Å². The maximum Gasteiger partial charge on any atom is 0.260 e. The molecule has 4 nitrogen and oxygen atoms in total. The maximum atomic E-state index is 12.2. The van der Waals surface area contributed by atoms with Crippen LogP contribution in [0.25, 0.3) is 0 Å². The summed E-state index contributed by atoms with van der Waals surface area (Å²) in [5.41, 5.74) is 1.07. The van der Waals surface area contributed by atoms with Gasteiger partial charge in [0.2, 0.25) is 0 Å². The SMILES string of the molecule is CNC(C)c1ccccc1OC(C)C(=O)NC1CCCC1. The molecule has 0 aliphatic heterocycles. The number of amides is 1. The van der Waals surface area contributed by atoms with E-state index in [-0.39, 0.29) is 11.9 Å². The van der Waals surface area contributed by atoms with Crippen molar-refractivity contribution in [3.63, 3.8) is 0 Å². The lowest BCUT2D eigenvalue weighted by Gasteiger charge is -2.21. The Labute approximate surface area is 127 Å². The number of carbonyl (C=O) groups excluding carboxylic acids is 1. The fourth-order valence-electron chi connectivity index (χ4n) is 2.73. The minimum absolute atomic E-state index is 0.0196. The summed E-state index contributed by atoms with van der Waals surface area (Å²) in [6.07, 6.45) is 4.12. The fraction of sp³-hybridized carbons (Fsp3) is 0.588. The minimum Gasteiger partial charge on any atom is -0.481 e. The van der Waals surface area contributed by atoms with E-state index >= 15 is 0 Å². The monoisotopic (exact) mass is 290 g/mol. The third-order valence-electron chi connectivity index (χ3n) is 4.19. The van der Waals surface area contributed by atoms with Crippen LogP contribution in [0.4, 0.5) is 0 Å². The number of para-hydroxylation sites is 1. The topological polar surface area (TPSA) is 50.4 Å². The van der Waals surface area contributed by atoms with Gasteiger partial charge in [-0.3, -0.25) is 4.79 Å². The Kier molecular flexibility index (Phi) is 5.62. The summed E-state index contributed by atoms with van der Waals surface area (Å²) >= 11 is 0. The number of nitrogens with one attached hydrogen (secondary N) is 2. The molecule has 2 rings (SSSR count). The molecule has 2 atom stereocenters. The molecule has 1 aromatic rings. The van der Waals surface area contributed by atoms with Crippen molar-refractivity contribution < 1.29 is 9.53 Å². The first kappa shape index (κ1) is 15.8. The summed E-state index contributed by atoms with van der Waals surface area (Å²) in [5.74, 6) is 0.752. The Bertz CT molecular complexity index is 470. The molecule has 0 bridgehead atoms. The number of carbonyl (C=O) groups is 1. The first-order valence-corrected chi connectivity index (χ1v) is 7.85. The Morgan fingerprint density at radius 3 is 2.57 bits per heavy atom. The molecule has 2 N–H and O–H groups in total. The van der Waals surface area contributed by atoms with Gasteiger partial charge in [0.25, 0.3) is 5.91 Å². The largest absolute Gasteiger partial charge is 0.481 e. The highest BCUT2D eigenvalue weighted by Crippen LogP contribution is 2.25. The lowest BCUT2D eigenvalue weighted by Crippen LogP contribution is -2.41. The molecule has 21 heavy (non-hydrogen) atoms. The molecule has 1 aliphatic carbocycles. The molecule has 0 heterocycles. The summed E-state index contributed by atoms with van der Waals surface area (Å²) in [4.78, 5) is 12.2. The molecule has 1 amide bonds. The van der Waals surface area contributed by atoms with Crippen LogP contribution in [0.1, 0.15) is 51.1 Å². The normalized spacial score (nSPS) is 18.2. The van der Waals surface area contributed by atoms with Gasteiger partial charge in [0.1, 0.15) is 5.75 Å². The average molecular weight is 290 g/mol. The third-order valence-corrected chi connectivity index (χ3v) is 4.19. The van der Waals surface area contributed by atoms with E-state index in [0.29, 0.717) is 6.04 Å². The van der Waals surface area contributed by atoms with E-state index in [9.17, 15) is 4.79 Å². The molecule has 0 aromatic heterocycles. The van der Waals surface area contributed by atoms with Crippen molar-refractivity contribution >= 4 is 5.91 Å². The quantitative estimate of drug-likeness (QED) is 0.847. The second-order valence-corrected chi connectivity index (χ2v) is 5.80. The van der Waals surface area contributed by atoms with Crippen LogP contribution >= 0.6 is 0 Å². The van der Waals surface area contributed by atoms with Crippen LogP contribution in [0, 0.1) is 0 Å². The predicted molar refractivity (Wildman–Crippen MR) is 84.4 cm³/mol. The van der Waals surface area contributed by atoms with E-state index in [2.05, 4.69) is 17.6 Å². The zero-order chi connectivity index (χ0) is 15.2. The van der Waals surface area contributed by atoms with Crippen molar-refractivity contribution in [2.45, 2.75) is 57.7 Å². The van der Waals surface area contributed by atoms with E-state index in [4.69, 9.17) is 4.74 Å². The zero-order valence-corrected chi connectivity index (χ0v) is 13.2. The van der Waals surface area contributed by atoms with Crippen LogP contribution in [0.15, 0.2) is 24.3 Å². The van der Waals surface area contributed by atoms with Crippen molar-refractivity contribution in [1.82, 2.24) is 10.6 Å². The summed E-state index contributed by atoms with van der Waals surface area (Å²) in [6, 6.07) is 8.38. The van der Waals surface area contributed by atoms with Crippen LogP contribution in [0.3, 0.4) is 0 Å². The standard InChI is InChI=1S/C17H26N2O2/c1-12(18-3)15-10-6-7-11-16(15)21-13(2)17(20)19-14-8-4-5-9-14/h6-7,10-14,18H,4-5,8-9H2,1-3H3,(H,19,20). The third kappa shape index (κ3) is 4.21. The Morgan fingerprint density at radius 2 is 1.90 bits per heavy atom. The van der Waals surface area contributed by atoms with Gasteiger partial charge in [0, 0.05) is 17.6 Å². The number of hydrogen-bond acceptors (Lipinski definition) is 3. The van der Waals surface area contributed by atoms with Gasteiger partial charge >= 0.3 is 0 Å². The Hall–Kier alpha value is -1.55. The molecule has 116 valence electrons. The highest BCUT2D eigenvalue weighted by molar-refractivity contribution is 5.81. The number of hydrogen-bond donors (Lipinski definition) is 2. The van der Waals surface area contributed by atoms with Gasteiger partial charge in [-0.05, 0) is 39.8 Å². The average Bonchev–Trinajstić information content (AvgIpc) is 2.99. The second-order valence-electron chi connectivity index (χ2n) is 5.80. The predicted octanol–water partition coefficient (Wildman–Crippen LogP) is 2.79. The van der Waals surface area contributed by atoms with Gasteiger partial charge < -0.3 is 15.4 Å². The summed E-state index contributed by atoms with van der Waals surface area (Å²) in [6.45, 7) is 3.89. The lowest BCUT2D eigenvalue weighted by atomic mass is 10.1. The van der Waals surface area contributed by atoms with Crippen LogP contribution in [-0.2, 0) is 4.79 Å². The van der Waals surface area contributed by atoms with E-state index in [1.165, 1.54) is 12.8 Å². The molecular weight excluding hydrogens is 264 g/mol. The summed E-state index contributed by atoms with van der Waals surface area (Å²) in [5, 5.41) is 6.28. The first-order valence-electron chi connectivity index (χ1n) is 7.85. The fourth-order valence-corrected chi connectivity index (χ4v) is 2.73. The van der Waals surface area contributed by atoms with Crippen LogP contribution < -0.4 is 15.4 Å². The minimum atomic E-state index is -0.476. The van der Waals surface area contributed by atoms with Gasteiger partial charge in [0.05, 0.1) is 0 Å². The van der Waals surface area contributed by atoms with E-state index < -0.39 is 6.10 Å². The summed E-state index contributed by atoms with van der Waals surface area (Å²) in [7, 11) is 1.91. The smallest absolute Gasteiger partial charge is 0.260 e. The summed E-state index contributed by atoms with van der Waals surface area (Å²) < 4.78 is 5.89. The molecule has 1 fully saturated rings. The van der Waals surface area contributed by atoms with Gasteiger partial charge in [-0.2, -0.15) is 0 Å². The molecule has 0 spiro atoms. The molecule has 2 unspecified atom stereocenters. The van der Waals surface area contributed by atoms with E-state index in [0.717, 1.165) is 24.2 Å². The van der Waals surface area contributed by atoms with E-state index in [1.807, 2.05) is 38.2 Å². The maximum absolute atomic E-state index is 12.2. The van der Waals surface area contributed by atoms with Gasteiger partial charge in [-0.25, -0.2) is 0 Å². The Balaban J connectivity index is 1.98. The lowest BCUT2D eigenvalue weighted by molar-refractivity contribution is -0.128. The zero-order valence-electron chi connectivity index (χ0n) is 13.2. The highest BCUT2D eigenvalue weighted by atomic mass is 16.5. The van der Waals surface area contributed by atoms with Crippen molar-refractivity contribution in [2.75, 3.05) is 7.05 Å². The molecule has 4 heteroatoms. The first-order chi connectivity index (χ1) is 10.1.